The summed E-state index contributed by atoms with van der Waals surface area (Å²) < 4.78 is 36.3. The molecule has 6 rings (SSSR count). The fraction of sp³-hybridized carbons (Fsp3) is 0.190. The quantitative estimate of drug-likeness (QED) is 0.104. The second kappa shape index (κ2) is 19.3. The van der Waals surface area contributed by atoms with E-state index < -0.39 is 36.0 Å². The van der Waals surface area contributed by atoms with Crippen LogP contribution in [0.15, 0.2) is 141 Å². The van der Waals surface area contributed by atoms with Crippen molar-refractivity contribution in [2.75, 3.05) is 0 Å². The summed E-state index contributed by atoms with van der Waals surface area (Å²) in [5, 5.41) is 20.2. The Balaban J connectivity index is 0.000000240. The van der Waals surface area contributed by atoms with Gasteiger partial charge in [-0.25, -0.2) is 8.78 Å². The van der Waals surface area contributed by atoms with Gasteiger partial charge in [-0.3, -0.25) is 29.6 Å². The van der Waals surface area contributed by atoms with Crippen LogP contribution >= 0.6 is 0 Å². The van der Waals surface area contributed by atoms with Gasteiger partial charge in [0.05, 0.1) is 22.7 Å². The number of rotatable bonds is 8. The van der Waals surface area contributed by atoms with E-state index in [4.69, 9.17) is 9.47 Å². The van der Waals surface area contributed by atoms with Crippen LogP contribution in [0.1, 0.15) is 38.8 Å². The van der Waals surface area contributed by atoms with E-state index in [9.17, 15) is 28.6 Å². The van der Waals surface area contributed by atoms with Crippen molar-refractivity contribution in [3.8, 4) is 0 Å². The number of aliphatic imine (C=N–C) groups is 4. The number of para-hydroxylation sites is 4. The van der Waals surface area contributed by atoms with Gasteiger partial charge in [0.1, 0.15) is 35.4 Å². The molecule has 2 aliphatic rings. The minimum atomic E-state index is -0.921. The molecule has 0 amide bonds. The molecule has 13 heteroatoms. The summed E-state index contributed by atoms with van der Waals surface area (Å²) in [6, 6.07) is 26.3. The van der Waals surface area contributed by atoms with Crippen LogP contribution in [0.25, 0.3) is 0 Å². The van der Waals surface area contributed by atoms with Gasteiger partial charge in [-0.05, 0) is 99.5 Å². The molecule has 2 aliphatic heterocycles. The first-order chi connectivity index (χ1) is 25.9. The van der Waals surface area contributed by atoms with E-state index in [-0.39, 0.29) is 40.2 Å². The summed E-state index contributed by atoms with van der Waals surface area (Å²) in [5.41, 5.74) is 4.58. The standard InChI is InChI=1S/2C21H19FN2O3.Fe/c2*1-13-11-19(25)20(21(26)27-13)14(2)24-18-6-4-3-5-17(18)23-12-15-7-9-16(22)10-8-15;/h2*3-13,20,25H,1-2H3;. The summed E-state index contributed by atoms with van der Waals surface area (Å²) in [6.07, 6.45) is 5.27. The summed E-state index contributed by atoms with van der Waals surface area (Å²) in [4.78, 5) is 42.0. The van der Waals surface area contributed by atoms with Crippen LogP contribution in [0.2, 0.25) is 0 Å². The molecule has 10 nitrogen and oxygen atoms in total. The maximum Gasteiger partial charge on any atom is 0.323 e. The monoisotopic (exact) mass is 788 g/mol. The Kier molecular flexibility index (Phi) is 14.7. The molecular formula is C42H38F2FeN4O6. The summed E-state index contributed by atoms with van der Waals surface area (Å²) >= 11 is 0. The van der Waals surface area contributed by atoms with Gasteiger partial charge >= 0.3 is 11.9 Å². The molecule has 0 saturated heterocycles. The predicted molar refractivity (Wildman–Crippen MR) is 205 cm³/mol. The number of cyclic esters (lactones) is 2. The molecule has 55 heavy (non-hydrogen) atoms. The second-order valence-corrected chi connectivity index (χ2v) is 12.4. The number of carbonyl (C=O) groups excluding carboxylic acids is 2. The van der Waals surface area contributed by atoms with Gasteiger partial charge in [-0.1, -0.05) is 48.5 Å². The Morgan fingerprint density at radius 3 is 1.24 bits per heavy atom. The second-order valence-electron chi connectivity index (χ2n) is 12.4. The van der Waals surface area contributed by atoms with Crippen molar-refractivity contribution in [2.24, 2.45) is 31.8 Å². The normalized spacial score (nSPS) is 20.1. The van der Waals surface area contributed by atoms with Gasteiger partial charge in [-0.2, -0.15) is 0 Å². The summed E-state index contributed by atoms with van der Waals surface area (Å²) in [5.74, 6) is -3.65. The van der Waals surface area contributed by atoms with E-state index >= 15 is 0 Å². The molecular weight excluding hydrogens is 750 g/mol. The van der Waals surface area contributed by atoms with Crippen molar-refractivity contribution in [1.29, 1.82) is 0 Å². The number of aliphatic hydroxyl groups is 2. The zero-order chi connectivity index (χ0) is 38.8. The maximum absolute atomic E-state index is 13.0. The van der Waals surface area contributed by atoms with Crippen LogP contribution in [0.4, 0.5) is 31.5 Å². The Bertz CT molecular complexity index is 2030. The topological polar surface area (TPSA) is 142 Å². The number of nitrogens with zero attached hydrogens (tertiary/aromatic N) is 4. The molecule has 0 fully saturated rings. The SMILES string of the molecule is CC(=Nc1ccccc1N=Cc1ccc(F)cc1)C1C(=O)OC(C)C=C1O.CC(=Nc1ccccc1N=Cc1ccc(F)cc1)C1C(=O)OC(C)C=C1O.[Fe]. The van der Waals surface area contributed by atoms with E-state index in [1.807, 2.05) is 12.1 Å². The molecule has 2 heterocycles. The third kappa shape index (κ3) is 11.5. The summed E-state index contributed by atoms with van der Waals surface area (Å²) in [6.45, 7) is 6.67. The van der Waals surface area contributed by atoms with Crippen LogP contribution in [0, 0.1) is 23.5 Å². The number of hydrogen-bond donors (Lipinski definition) is 2. The number of benzene rings is 4. The number of carbonyl (C=O) groups is 2. The molecule has 0 saturated carbocycles. The third-order valence-corrected chi connectivity index (χ3v) is 8.12. The predicted octanol–water partition coefficient (Wildman–Crippen LogP) is 9.34. The fourth-order valence-corrected chi connectivity index (χ4v) is 5.49. The number of halogens is 2. The Morgan fingerprint density at radius 2 is 0.909 bits per heavy atom. The van der Waals surface area contributed by atoms with E-state index in [1.54, 1.807) is 101 Å². The minimum absolute atomic E-state index is 0. The number of hydrogen-bond acceptors (Lipinski definition) is 10. The van der Waals surface area contributed by atoms with Gasteiger partial charge in [0.2, 0.25) is 0 Å². The van der Waals surface area contributed by atoms with E-state index in [2.05, 4.69) is 20.0 Å². The molecule has 4 unspecified atom stereocenters. The molecule has 0 aliphatic carbocycles. The first kappa shape index (κ1) is 41.7. The van der Waals surface area contributed by atoms with Crippen molar-refractivity contribution in [1.82, 2.24) is 0 Å². The average Bonchev–Trinajstić information content (AvgIpc) is 3.12. The van der Waals surface area contributed by atoms with Gasteiger partial charge in [0, 0.05) is 40.9 Å². The van der Waals surface area contributed by atoms with Crippen LogP contribution in [-0.2, 0) is 36.1 Å². The molecule has 0 aromatic heterocycles. The van der Waals surface area contributed by atoms with Gasteiger partial charge in [-0.15, -0.1) is 0 Å². The van der Waals surface area contributed by atoms with Crippen molar-refractivity contribution < 1.29 is 55.1 Å². The molecule has 2 N–H and O–H groups in total. The Morgan fingerprint density at radius 1 is 0.582 bits per heavy atom. The molecule has 4 aromatic carbocycles. The smallest absolute Gasteiger partial charge is 0.323 e. The van der Waals surface area contributed by atoms with Crippen LogP contribution in [0.5, 0.6) is 0 Å². The minimum Gasteiger partial charge on any atom is -0.511 e. The maximum atomic E-state index is 13.0. The number of ether oxygens (including phenoxy) is 2. The van der Waals surface area contributed by atoms with Crippen LogP contribution in [-0.4, -0.2) is 58.2 Å². The molecule has 0 radical (unpaired) electrons. The van der Waals surface area contributed by atoms with Crippen molar-refractivity contribution in [2.45, 2.75) is 39.9 Å². The number of aliphatic hydroxyl groups excluding tert-OH is 2. The zero-order valence-electron chi connectivity index (χ0n) is 30.3. The largest absolute Gasteiger partial charge is 0.511 e. The first-order valence-corrected chi connectivity index (χ1v) is 17.0. The van der Waals surface area contributed by atoms with Crippen LogP contribution < -0.4 is 0 Å². The van der Waals surface area contributed by atoms with Crippen LogP contribution in [0.3, 0.4) is 0 Å². The van der Waals surface area contributed by atoms with Crippen molar-refractivity contribution in [3.05, 3.63) is 143 Å². The average molecular weight is 789 g/mol. The fourth-order valence-electron chi connectivity index (χ4n) is 5.49. The molecule has 4 aromatic rings. The Hall–Kier alpha value is -6.04. The van der Waals surface area contributed by atoms with Crippen molar-refractivity contribution in [3.63, 3.8) is 0 Å². The molecule has 0 spiro atoms. The van der Waals surface area contributed by atoms with E-state index in [0.717, 1.165) is 11.1 Å². The van der Waals surface area contributed by atoms with Crippen molar-refractivity contribution >= 4 is 58.5 Å². The number of esters is 2. The van der Waals surface area contributed by atoms with Gasteiger partial charge in [0.25, 0.3) is 0 Å². The van der Waals surface area contributed by atoms with E-state index in [1.165, 1.54) is 36.4 Å². The third-order valence-electron chi connectivity index (χ3n) is 8.12. The van der Waals surface area contributed by atoms with Gasteiger partial charge in [0.15, 0.2) is 11.8 Å². The first-order valence-electron chi connectivity index (χ1n) is 17.0. The summed E-state index contributed by atoms with van der Waals surface area (Å²) in [7, 11) is 0. The van der Waals surface area contributed by atoms with E-state index in [0.29, 0.717) is 34.2 Å². The van der Waals surface area contributed by atoms with Gasteiger partial charge < -0.3 is 19.7 Å². The molecule has 4 atom stereocenters. The zero-order valence-corrected chi connectivity index (χ0v) is 31.4. The molecule has 0 bridgehead atoms. The Labute approximate surface area is 327 Å². The molecule has 284 valence electrons.